The smallest absolute Gasteiger partial charge is 0.249 e. The van der Waals surface area contributed by atoms with Crippen LogP contribution in [0.1, 0.15) is 15.9 Å². The van der Waals surface area contributed by atoms with Gasteiger partial charge in [0.05, 0.1) is 4.90 Å². The summed E-state index contributed by atoms with van der Waals surface area (Å²) in [7, 11) is -1.88. The van der Waals surface area contributed by atoms with Gasteiger partial charge in [-0.3, -0.25) is 4.79 Å². The summed E-state index contributed by atoms with van der Waals surface area (Å²) in [5.41, 5.74) is 6.05. The molecule has 7 heteroatoms. The van der Waals surface area contributed by atoms with Gasteiger partial charge in [0.25, 0.3) is 0 Å². The molecule has 0 heterocycles. The van der Waals surface area contributed by atoms with Crippen LogP contribution in [-0.4, -0.2) is 34.5 Å². The highest BCUT2D eigenvalue weighted by atomic mass is 32.2. The zero-order valence-corrected chi connectivity index (χ0v) is 11.2. The highest BCUT2D eigenvalue weighted by Gasteiger charge is 2.16. The van der Waals surface area contributed by atoms with Crippen LogP contribution in [0.3, 0.4) is 0 Å². The van der Waals surface area contributed by atoms with Crippen LogP contribution in [0.25, 0.3) is 0 Å². The number of hydrogen-bond acceptors (Lipinski definition) is 4. The Hall–Kier alpha value is -1.44. The fourth-order valence-electron chi connectivity index (χ4n) is 1.43. The quantitative estimate of drug-likeness (QED) is 0.612. The lowest BCUT2D eigenvalue weighted by Crippen LogP contribution is -2.30. The summed E-state index contributed by atoms with van der Waals surface area (Å²) in [6, 6.07) is 4.30. The molecule has 0 aliphatic heterocycles. The van der Waals surface area contributed by atoms with E-state index in [2.05, 4.69) is 10.0 Å². The number of amides is 1. The van der Waals surface area contributed by atoms with Gasteiger partial charge in [-0.2, -0.15) is 0 Å². The maximum atomic E-state index is 11.9. The monoisotopic (exact) mass is 271 g/mol. The van der Waals surface area contributed by atoms with E-state index in [9.17, 15) is 13.2 Å². The van der Waals surface area contributed by atoms with E-state index >= 15 is 0 Å². The Kier molecular flexibility index (Phi) is 4.83. The first-order valence-corrected chi connectivity index (χ1v) is 6.91. The second kappa shape index (κ2) is 5.94. The van der Waals surface area contributed by atoms with Gasteiger partial charge in [0, 0.05) is 18.7 Å². The molecule has 0 aliphatic rings. The lowest BCUT2D eigenvalue weighted by Gasteiger charge is -2.08. The molecule has 0 aromatic heterocycles. The maximum Gasteiger partial charge on any atom is 0.249 e. The molecule has 1 amide bonds. The van der Waals surface area contributed by atoms with Crippen molar-refractivity contribution in [2.24, 2.45) is 5.73 Å². The van der Waals surface area contributed by atoms with Gasteiger partial charge in [-0.15, -0.1) is 0 Å². The highest BCUT2D eigenvalue weighted by molar-refractivity contribution is 7.89. The number of nitrogens with one attached hydrogen (secondary N) is 2. The number of carbonyl (C=O) groups excluding carboxylic acids is 1. The van der Waals surface area contributed by atoms with Crippen molar-refractivity contribution in [2.45, 2.75) is 11.8 Å². The molecule has 0 unspecified atom stereocenters. The molecule has 0 bridgehead atoms. The number of sulfonamides is 1. The van der Waals surface area contributed by atoms with Crippen LogP contribution in [0.15, 0.2) is 23.1 Å². The second-order valence-electron chi connectivity index (χ2n) is 3.84. The molecule has 0 spiro atoms. The van der Waals surface area contributed by atoms with Crippen molar-refractivity contribution < 1.29 is 13.2 Å². The predicted octanol–water partition coefficient (Wildman–Crippen LogP) is -0.408. The van der Waals surface area contributed by atoms with Crippen molar-refractivity contribution in [2.75, 3.05) is 20.1 Å². The number of likely N-dealkylation sites (N-methyl/N-ethyl adjacent to an activating group) is 1. The second-order valence-corrected chi connectivity index (χ2v) is 5.61. The maximum absolute atomic E-state index is 11.9. The van der Waals surface area contributed by atoms with Crippen molar-refractivity contribution in [3.63, 3.8) is 0 Å². The standard InChI is InChI=1S/C11H17N3O3S/c1-8-3-4-9(7-10(8)11(12)15)18(16,17)14-6-5-13-2/h3-4,7,13-14H,5-6H2,1-2H3,(H2,12,15). The van der Waals surface area contributed by atoms with Gasteiger partial charge >= 0.3 is 0 Å². The number of benzene rings is 1. The molecule has 18 heavy (non-hydrogen) atoms. The van der Waals surface area contributed by atoms with E-state index in [0.717, 1.165) is 0 Å². The lowest BCUT2D eigenvalue weighted by atomic mass is 10.1. The van der Waals surface area contributed by atoms with E-state index < -0.39 is 15.9 Å². The molecule has 0 aliphatic carbocycles. The van der Waals surface area contributed by atoms with Crippen LogP contribution in [0, 0.1) is 6.92 Å². The SMILES string of the molecule is CNCCNS(=O)(=O)c1ccc(C)c(C(N)=O)c1. The molecule has 0 saturated heterocycles. The Morgan fingerprint density at radius 3 is 2.56 bits per heavy atom. The molecule has 0 atom stereocenters. The van der Waals surface area contributed by atoms with E-state index in [1.165, 1.54) is 12.1 Å². The molecule has 1 rings (SSSR count). The van der Waals surface area contributed by atoms with Gasteiger partial charge < -0.3 is 11.1 Å². The van der Waals surface area contributed by atoms with Crippen LogP contribution < -0.4 is 15.8 Å². The van der Waals surface area contributed by atoms with E-state index in [1.54, 1.807) is 20.0 Å². The molecule has 6 nitrogen and oxygen atoms in total. The van der Waals surface area contributed by atoms with Crippen LogP contribution in [0.5, 0.6) is 0 Å². The van der Waals surface area contributed by atoms with Crippen LogP contribution in [0.2, 0.25) is 0 Å². The Morgan fingerprint density at radius 1 is 1.33 bits per heavy atom. The van der Waals surface area contributed by atoms with E-state index in [-0.39, 0.29) is 17.0 Å². The topological polar surface area (TPSA) is 101 Å². The number of primary amides is 1. The third-order valence-corrected chi connectivity index (χ3v) is 3.91. The fourth-order valence-corrected chi connectivity index (χ4v) is 2.49. The Balaban J connectivity index is 3.02. The number of nitrogens with two attached hydrogens (primary N) is 1. The molecule has 100 valence electrons. The molecular weight excluding hydrogens is 254 g/mol. The number of rotatable bonds is 6. The summed E-state index contributed by atoms with van der Waals surface area (Å²) in [6.07, 6.45) is 0. The molecule has 4 N–H and O–H groups in total. The summed E-state index contributed by atoms with van der Waals surface area (Å²) < 4.78 is 26.2. The Bertz CT molecular complexity index is 540. The largest absolute Gasteiger partial charge is 0.366 e. The summed E-state index contributed by atoms with van der Waals surface area (Å²) in [4.78, 5) is 11.2. The normalized spacial score (nSPS) is 11.4. The van der Waals surface area contributed by atoms with Gasteiger partial charge in [0.1, 0.15) is 0 Å². The van der Waals surface area contributed by atoms with Gasteiger partial charge in [0.15, 0.2) is 0 Å². The van der Waals surface area contributed by atoms with E-state index in [4.69, 9.17) is 5.73 Å². The summed E-state index contributed by atoms with van der Waals surface area (Å²) in [5, 5.41) is 2.83. The zero-order valence-electron chi connectivity index (χ0n) is 10.4. The van der Waals surface area contributed by atoms with E-state index in [1.807, 2.05) is 0 Å². The Morgan fingerprint density at radius 2 is 2.00 bits per heavy atom. The van der Waals surface area contributed by atoms with Gasteiger partial charge in [0.2, 0.25) is 15.9 Å². The van der Waals surface area contributed by atoms with Crippen LogP contribution >= 0.6 is 0 Å². The number of carbonyl (C=O) groups is 1. The number of hydrogen-bond donors (Lipinski definition) is 3. The highest BCUT2D eigenvalue weighted by Crippen LogP contribution is 2.14. The number of aryl methyl sites for hydroxylation is 1. The average molecular weight is 271 g/mol. The van der Waals surface area contributed by atoms with Crippen molar-refractivity contribution in [3.05, 3.63) is 29.3 Å². The van der Waals surface area contributed by atoms with Crippen molar-refractivity contribution in [1.82, 2.24) is 10.0 Å². The summed E-state index contributed by atoms with van der Waals surface area (Å²) in [5.74, 6) is -0.639. The van der Waals surface area contributed by atoms with Gasteiger partial charge in [-0.05, 0) is 31.7 Å². The summed E-state index contributed by atoms with van der Waals surface area (Å²) in [6.45, 7) is 2.50. The molecule has 1 aromatic carbocycles. The predicted molar refractivity (Wildman–Crippen MR) is 68.8 cm³/mol. The Labute approximate surface area is 107 Å². The van der Waals surface area contributed by atoms with Crippen molar-refractivity contribution in [1.29, 1.82) is 0 Å². The first-order chi connectivity index (χ1) is 8.38. The molecule has 0 saturated carbocycles. The third-order valence-electron chi connectivity index (χ3n) is 2.45. The van der Waals surface area contributed by atoms with Crippen LogP contribution in [0.4, 0.5) is 0 Å². The minimum absolute atomic E-state index is 0.0398. The molecule has 0 radical (unpaired) electrons. The zero-order chi connectivity index (χ0) is 13.8. The van der Waals surface area contributed by atoms with Gasteiger partial charge in [-0.25, -0.2) is 13.1 Å². The fraction of sp³-hybridized carbons (Fsp3) is 0.364. The first kappa shape index (κ1) is 14.6. The first-order valence-electron chi connectivity index (χ1n) is 5.43. The van der Waals surface area contributed by atoms with Crippen molar-refractivity contribution in [3.8, 4) is 0 Å². The minimum atomic E-state index is -3.60. The van der Waals surface area contributed by atoms with Crippen molar-refractivity contribution >= 4 is 15.9 Å². The van der Waals surface area contributed by atoms with Gasteiger partial charge in [-0.1, -0.05) is 6.07 Å². The molecule has 1 aromatic rings. The third kappa shape index (κ3) is 3.52. The average Bonchev–Trinajstić information content (AvgIpc) is 2.29. The lowest BCUT2D eigenvalue weighted by molar-refractivity contribution is 0.0999. The summed E-state index contributed by atoms with van der Waals surface area (Å²) >= 11 is 0. The molecular formula is C11H17N3O3S. The van der Waals surface area contributed by atoms with E-state index in [0.29, 0.717) is 12.1 Å². The van der Waals surface area contributed by atoms with Crippen LogP contribution in [-0.2, 0) is 10.0 Å². The minimum Gasteiger partial charge on any atom is -0.366 e. The molecule has 0 fully saturated rings.